The molecule has 1 aromatic carbocycles. The minimum absolute atomic E-state index is 0.0424. The van der Waals surface area contributed by atoms with Crippen LogP contribution in [-0.2, 0) is 11.3 Å². The van der Waals surface area contributed by atoms with Crippen LogP contribution in [0.4, 0.5) is 4.39 Å². The van der Waals surface area contributed by atoms with Crippen LogP contribution in [0.1, 0.15) is 24.5 Å². The Kier molecular flexibility index (Phi) is 3.89. The van der Waals surface area contributed by atoms with Crippen molar-refractivity contribution >= 4 is 0 Å². The van der Waals surface area contributed by atoms with Crippen molar-refractivity contribution in [3.63, 3.8) is 0 Å². The maximum atomic E-state index is 13.3. The third-order valence-corrected chi connectivity index (χ3v) is 2.00. The van der Waals surface area contributed by atoms with E-state index in [1.807, 2.05) is 6.92 Å². The second-order valence-electron chi connectivity index (χ2n) is 3.28. The highest BCUT2D eigenvalue weighted by Crippen LogP contribution is 2.20. The van der Waals surface area contributed by atoms with Crippen LogP contribution in [0.15, 0.2) is 12.1 Å². The van der Waals surface area contributed by atoms with Crippen LogP contribution in [0, 0.1) is 12.7 Å². The molecule has 0 radical (unpaired) electrons. The van der Waals surface area contributed by atoms with Gasteiger partial charge in [0.2, 0.25) is 0 Å². The lowest BCUT2D eigenvalue weighted by molar-refractivity contribution is 0.118. The molecule has 0 aliphatic heterocycles. The standard InChI is InChI=1S/C11H15FO2/c1-3-4-14-7-10-8(2)5-9(13)6-11(10)12/h5-6,13H,3-4,7H2,1-2H3. The van der Waals surface area contributed by atoms with Gasteiger partial charge in [0.05, 0.1) is 6.61 Å². The summed E-state index contributed by atoms with van der Waals surface area (Å²) in [7, 11) is 0. The summed E-state index contributed by atoms with van der Waals surface area (Å²) in [6.07, 6.45) is 0.915. The fourth-order valence-electron chi connectivity index (χ4n) is 1.26. The molecule has 0 amide bonds. The van der Waals surface area contributed by atoms with Crippen LogP contribution in [0.5, 0.6) is 5.75 Å². The Hall–Kier alpha value is -1.09. The fraction of sp³-hybridized carbons (Fsp3) is 0.455. The quantitative estimate of drug-likeness (QED) is 0.754. The largest absolute Gasteiger partial charge is 0.508 e. The number of phenolic OH excluding ortho intramolecular Hbond substituents is 1. The second-order valence-corrected chi connectivity index (χ2v) is 3.28. The predicted molar refractivity (Wildman–Crippen MR) is 52.7 cm³/mol. The molecule has 0 aliphatic rings. The first kappa shape index (κ1) is 11.0. The Labute approximate surface area is 83.3 Å². The average molecular weight is 198 g/mol. The van der Waals surface area contributed by atoms with Crippen molar-refractivity contribution in [1.29, 1.82) is 0 Å². The summed E-state index contributed by atoms with van der Waals surface area (Å²) in [5, 5.41) is 9.11. The normalized spacial score (nSPS) is 10.5. The number of aromatic hydroxyl groups is 1. The predicted octanol–water partition coefficient (Wildman–Crippen LogP) is 2.77. The van der Waals surface area contributed by atoms with Crippen molar-refractivity contribution in [2.45, 2.75) is 26.9 Å². The molecule has 0 saturated heterocycles. The first-order valence-electron chi connectivity index (χ1n) is 4.71. The van der Waals surface area contributed by atoms with Gasteiger partial charge in [0.25, 0.3) is 0 Å². The molecule has 0 atom stereocenters. The number of aryl methyl sites for hydroxylation is 1. The summed E-state index contributed by atoms with van der Waals surface area (Å²) in [4.78, 5) is 0. The molecule has 0 saturated carbocycles. The summed E-state index contributed by atoms with van der Waals surface area (Å²) in [6, 6.07) is 2.64. The zero-order valence-electron chi connectivity index (χ0n) is 8.51. The van der Waals surface area contributed by atoms with Crippen LogP contribution in [0.2, 0.25) is 0 Å². The van der Waals surface area contributed by atoms with E-state index < -0.39 is 5.82 Å². The van der Waals surface area contributed by atoms with Crippen molar-refractivity contribution in [3.05, 3.63) is 29.1 Å². The molecular weight excluding hydrogens is 183 g/mol. The maximum absolute atomic E-state index is 13.3. The van der Waals surface area contributed by atoms with E-state index in [9.17, 15) is 4.39 Å². The van der Waals surface area contributed by atoms with Gasteiger partial charge in [-0.25, -0.2) is 4.39 Å². The van der Waals surface area contributed by atoms with Gasteiger partial charge in [-0.1, -0.05) is 6.92 Å². The summed E-state index contributed by atoms with van der Waals surface area (Å²) < 4.78 is 18.5. The van der Waals surface area contributed by atoms with Crippen molar-refractivity contribution in [3.8, 4) is 5.75 Å². The molecule has 0 spiro atoms. The average Bonchev–Trinajstić information content (AvgIpc) is 2.09. The highest BCUT2D eigenvalue weighted by molar-refractivity contribution is 5.34. The summed E-state index contributed by atoms with van der Waals surface area (Å²) in [6.45, 7) is 4.65. The van der Waals surface area contributed by atoms with Gasteiger partial charge in [-0.05, 0) is 25.0 Å². The number of halogens is 1. The van der Waals surface area contributed by atoms with E-state index in [2.05, 4.69) is 0 Å². The number of phenols is 1. The van der Waals surface area contributed by atoms with Crippen molar-refractivity contribution in [1.82, 2.24) is 0 Å². The number of hydrogen-bond acceptors (Lipinski definition) is 2. The molecule has 2 nitrogen and oxygen atoms in total. The molecule has 1 aromatic rings. The Bertz CT molecular complexity index is 287. The van der Waals surface area contributed by atoms with Gasteiger partial charge in [0.15, 0.2) is 0 Å². The summed E-state index contributed by atoms with van der Waals surface area (Å²) in [5.74, 6) is -0.446. The van der Waals surface area contributed by atoms with E-state index in [0.717, 1.165) is 18.1 Å². The van der Waals surface area contributed by atoms with Gasteiger partial charge in [0.1, 0.15) is 11.6 Å². The third-order valence-electron chi connectivity index (χ3n) is 2.00. The third kappa shape index (κ3) is 2.70. The van der Waals surface area contributed by atoms with Gasteiger partial charge < -0.3 is 9.84 Å². The van der Waals surface area contributed by atoms with Gasteiger partial charge in [0, 0.05) is 18.2 Å². The first-order chi connectivity index (χ1) is 6.65. The second kappa shape index (κ2) is 4.96. The monoisotopic (exact) mass is 198 g/mol. The van der Waals surface area contributed by atoms with Crippen molar-refractivity contribution in [2.75, 3.05) is 6.61 Å². The molecule has 1 rings (SSSR count). The van der Waals surface area contributed by atoms with E-state index in [1.54, 1.807) is 6.92 Å². The van der Waals surface area contributed by atoms with E-state index >= 15 is 0 Å². The molecule has 78 valence electrons. The number of ether oxygens (including phenoxy) is 1. The number of rotatable bonds is 4. The molecule has 14 heavy (non-hydrogen) atoms. The van der Waals surface area contributed by atoms with Crippen LogP contribution in [-0.4, -0.2) is 11.7 Å². The van der Waals surface area contributed by atoms with Gasteiger partial charge in [-0.2, -0.15) is 0 Å². The van der Waals surface area contributed by atoms with Crippen LogP contribution < -0.4 is 0 Å². The first-order valence-corrected chi connectivity index (χ1v) is 4.71. The van der Waals surface area contributed by atoms with Gasteiger partial charge in [-0.3, -0.25) is 0 Å². The zero-order valence-corrected chi connectivity index (χ0v) is 8.51. The van der Waals surface area contributed by atoms with E-state index in [-0.39, 0.29) is 12.4 Å². The van der Waals surface area contributed by atoms with Crippen LogP contribution in [0.25, 0.3) is 0 Å². The number of hydrogen-bond donors (Lipinski definition) is 1. The minimum Gasteiger partial charge on any atom is -0.508 e. The molecule has 0 aliphatic carbocycles. The molecular formula is C11H15FO2. The molecule has 1 N–H and O–H groups in total. The Balaban J connectivity index is 2.75. The van der Waals surface area contributed by atoms with E-state index in [4.69, 9.17) is 9.84 Å². The molecule has 0 unspecified atom stereocenters. The van der Waals surface area contributed by atoms with Gasteiger partial charge in [-0.15, -0.1) is 0 Å². The topological polar surface area (TPSA) is 29.5 Å². The smallest absolute Gasteiger partial charge is 0.132 e. The molecule has 0 bridgehead atoms. The lowest BCUT2D eigenvalue weighted by atomic mass is 10.1. The maximum Gasteiger partial charge on any atom is 0.132 e. The Morgan fingerprint density at radius 3 is 2.71 bits per heavy atom. The van der Waals surface area contributed by atoms with E-state index in [0.29, 0.717) is 12.2 Å². The molecule has 0 aromatic heterocycles. The van der Waals surface area contributed by atoms with Crippen LogP contribution >= 0.6 is 0 Å². The summed E-state index contributed by atoms with van der Waals surface area (Å²) >= 11 is 0. The Morgan fingerprint density at radius 1 is 1.43 bits per heavy atom. The minimum atomic E-state index is -0.404. The van der Waals surface area contributed by atoms with Crippen molar-refractivity contribution in [2.24, 2.45) is 0 Å². The molecule has 0 heterocycles. The Morgan fingerprint density at radius 2 is 2.14 bits per heavy atom. The highest BCUT2D eigenvalue weighted by Gasteiger charge is 2.07. The fourth-order valence-corrected chi connectivity index (χ4v) is 1.26. The zero-order chi connectivity index (χ0) is 10.6. The molecule has 3 heteroatoms. The summed E-state index contributed by atoms with van der Waals surface area (Å²) in [5.41, 5.74) is 1.25. The molecule has 0 fully saturated rings. The number of benzene rings is 1. The van der Waals surface area contributed by atoms with Crippen molar-refractivity contribution < 1.29 is 14.2 Å². The van der Waals surface area contributed by atoms with E-state index in [1.165, 1.54) is 6.07 Å². The lowest BCUT2D eigenvalue weighted by Gasteiger charge is -2.08. The SMILES string of the molecule is CCCOCc1c(C)cc(O)cc1F. The lowest BCUT2D eigenvalue weighted by Crippen LogP contribution is -1.99. The van der Waals surface area contributed by atoms with Crippen LogP contribution in [0.3, 0.4) is 0 Å². The highest BCUT2D eigenvalue weighted by atomic mass is 19.1. The van der Waals surface area contributed by atoms with Gasteiger partial charge >= 0.3 is 0 Å².